The third-order valence-corrected chi connectivity index (χ3v) is 5.07. The van der Waals surface area contributed by atoms with Gasteiger partial charge in [-0.25, -0.2) is 0 Å². The molecule has 5 heteroatoms. The number of hydrogen-bond donors (Lipinski definition) is 1. The van der Waals surface area contributed by atoms with E-state index in [1.54, 1.807) is 12.1 Å². The van der Waals surface area contributed by atoms with Gasteiger partial charge in [-0.1, -0.05) is 36.5 Å². The van der Waals surface area contributed by atoms with E-state index >= 15 is 0 Å². The van der Waals surface area contributed by atoms with Gasteiger partial charge in [-0.2, -0.15) is 0 Å². The molecular formula is C20H27N3O2. The van der Waals surface area contributed by atoms with Crippen molar-refractivity contribution in [2.24, 2.45) is 0 Å². The Kier molecular flexibility index (Phi) is 5.53. The van der Waals surface area contributed by atoms with Gasteiger partial charge in [0.2, 0.25) is 0 Å². The van der Waals surface area contributed by atoms with E-state index < -0.39 is 0 Å². The maximum atomic E-state index is 12.4. The summed E-state index contributed by atoms with van der Waals surface area (Å²) in [5.41, 5.74) is 1.53. The Morgan fingerprint density at radius 3 is 2.88 bits per heavy atom. The molecule has 134 valence electrons. The zero-order valence-corrected chi connectivity index (χ0v) is 14.9. The summed E-state index contributed by atoms with van der Waals surface area (Å²) in [5.74, 6) is 1.17. The van der Waals surface area contributed by atoms with Crippen molar-refractivity contribution in [2.45, 2.75) is 50.6 Å². The molecule has 3 rings (SSSR count). The number of hydrogen-bond acceptors (Lipinski definition) is 4. The van der Waals surface area contributed by atoms with Crippen LogP contribution in [0, 0.1) is 0 Å². The van der Waals surface area contributed by atoms with Crippen LogP contribution in [0.1, 0.15) is 54.8 Å². The fraction of sp³-hybridized carbons (Fsp3) is 0.500. The van der Waals surface area contributed by atoms with Crippen LogP contribution in [-0.2, 0) is 0 Å². The summed E-state index contributed by atoms with van der Waals surface area (Å²) in [5, 5.41) is 7.04. The van der Waals surface area contributed by atoms with Gasteiger partial charge in [0.1, 0.15) is 5.76 Å². The summed E-state index contributed by atoms with van der Waals surface area (Å²) in [7, 11) is 0. The lowest BCUT2D eigenvalue weighted by atomic mass is 9.98. The first-order valence-corrected chi connectivity index (χ1v) is 9.06. The molecule has 2 fully saturated rings. The summed E-state index contributed by atoms with van der Waals surface area (Å²) in [6.45, 7) is 11.5. The number of aromatic nitrogens is 1. The van der Waals surface area contributed by atoms with E-state index in [1.807, 2.05) is 12.2 Å². The number of nitrogens with one attached hydrogen (secondary N) is 1. The lowest BCUT2D eigenvalue weighted by molar-refractivity contribution is 0.0867. The average molecular weight is 341 g/mol. The van der Waals surface area contributed by atoms with Crippen LogP contribution in [0.5, 0.6) is 0 Å². The van der Waals surface area contributed by atoms with Crippen LogP contribution in [0.15, 0.2) is 47.5 Å². The zero-order chi connectivity index (χ0) is 17.8. The minimum atomic E-state index is -0.138. The number of nitrogens with zero attached hydrogens (tertiary/aromatic N) is 2. The minimum absolute atomic E-state index is 0.125. The Morgan fingerprint density at radius 1 is 1.40 bits per heavy atom. The van der Waals surface area contributed by atoms with Crippen molar-refractivity contribution in [3.63, 3.8) is 0 Å². The molecule has 2 unspecified atom stereocenters. The van der Waals surface area contributed by atoms with Gasteiger partial charge in [-0.15, -0.1) is 0 Å². The standard InChI is InChI=1S/C20H27N3O2/c1-4-6-15(5-2)12-23-13-17(10-7-14(23)3)21-20(24)18-11-19(25-22-18)16-8-9-16/h4-6,11,14,16-17H,1-2,7-10,12-13H2,3H3,(H,21,24)/b15-6+. The monoisotopic (exact) mass is 341 g/mol. The second-order valence-electron chi connectivity index (χ2n) is 7.10. The highest BCUT2D eigenvalue weighted by Crippen LogP contribution is 2.40. The van der Waals surface area contributed by atoms with Gasteiger partial charge in [0, 0.05) is 37.2 Å². The summed E-state index contributed by atoms with van der Waals surface area (Å²) < 4.78 is 5.28. The number of amides is 1. The van der Waals surface area contributed by atoms with Crippen molar-refractivity contribution in [1.29, 1.82) is 0 Å². The molecule has 5 nitrogen and oxygen atoms in total. The van der Waals surface area contributed by atoms with Crippen molar-refractivity contribution in [1.82, 2.24) is 15.4 Å². The highest BCUT2D eigenvalue weighted by atomic mass is 16.5. The molecule has 1 aromatic rings. The van der Waals surface area contributed by atoms with E-state index in [4.69, 9.17) is 4.52 Å². The molecule has 2 heterocycles. The second-order valence-corrected chi connectivity index (χ2v) is 7.10. The Morgan fingerprint density at radius 2 is 2.20 bits per heavy atom. The van der Waals surface area contributed by atoms with E-state index in [-0.39, 0.29) is 11.9 Å². The number of carbonyl (C=O) groups is 1. The van der Waals surface area contributed by atoms with Crippen LogP contribution in [0.4, 0.5) is 0 Å². The van der Waals surface area contributed by atoms with Gasteiger partial charge >= 0.3 is 0 Å². The summed E-state index contributed by atoms with van der Waals surface area (Å²) >= 11 is 0. The summed E-state index contributed by atoms with van der Waals surface area (Å²) in [4.78, 5) is 14.8. The van der Waals surface area contributed by atoms with Crippen molar-refractivity contribution in [3.8, 4) is 0 Å². The molecule has 1 amide bonds. The van der Waals surface area contributed by atoms with Crippen molar-refractivity contribution >= 4 is 5.91 Å². The van der Waals surface area contributed by atoms with Crippen LogP contribution in [-0.4, -0.2) is 41.1 Å². The van der Waals surface area contributed by atoms with Crippen molar-refractivity contribution in [2.75, 3.05) is 13.1 Å². The van der Waals surface area contributed by atoms with Gasteiger partial charge in [0.05, 0.1) is 0 Å². The molecule has 2 aliphatic rings. The van der Waals surface area contributed by atoms with Crippen LogP contribution >= 0.6 is 0 Å². The van der Waals surface area contributed by atoms with E-state index in [0.717, 1.165) is 50.1 Å². The number of allylic oxidation sites excluding steroid dienone is 2. The topological polar surface area (TPSA) is 58.4 Å². The highest BCUT2D eigenvalue weighted by Gasteiger charge is 2.30. The van der Waals surface area contributed by atoms with E-state index in [9.17, 15) is 4.79 Å². The quantitative estimate of drug-likeness (QED) is 0.772. The predicted octanol–water partition coefficient (Wildman–Crippen LogP) is 3.43. The molecule has 2 atom stereocenters. The molecule has 1 aliphatic heterocycles. The molecule has 25 heavy (non-hydrogen) atoms. The molecule has 0 aromatic carbocycles. The average Bonchev–Trinajstić information content (AvgIpc) is 3.34. The van der Waals surface area contributed by atoms with Crippen molar-refractivity contribution in [3.05, 3.63) is 54.5 Å². The zero-order valence-electron chi connectivity index (χ0n) is 14.9. The maximum Gasteiger partial charge on any atom is 0.273 e. The Hall–Kier alpha value is -2.14. The maximum absolute atomic E-state index is 12.4. The molecule has 0 radical (unpaired) electrons. The fourth-order valence-electron chi connectivity index (χ4n) is 3.30. The predicted molar refractivity (Wildman–Crippen MR) is 98.5 cm³/mol. The smallest absolute Gasteiger partial charge is 0.273 e. The molecule has 0 spiro atoms. The van der Waals surface area contributed by atoms with E-state index in [0.29, 0.717) is 17.7 Å². The van der Waals surface area contributed by atoms with E-state index in [1.165, 1.54) is 0 Å². The Labute approximate surface area is 149 Å². The highest BCUT2D eigenvalue weighted by molar-refractivity contribution is 5.92. The Balaban J connectivity index is 1.58. The minimum Gasteiger partial charge on any atom is -0.360 e. The van der Waals surface area contributed by atoms with E-state index in [2.05, 4.69) is 35.5 Å². The lowest BCUT2D eigenvalue weighted by Crippen LogP contribution is -2.51. The van der Waals surface area contributed by atoms with Gasteiger partial charge in [-0.05, 0) is 38.2 Å². The van der Waals surface area contributed by atoms with Gasteiger partial charge in [0.25, 0.3) is 5.91 Å². The second kappa shape index (κ2) is 7.83. The van der Waals surface area contributed by atoms with Gasteiger partial charge < -0.3 is 9.84 Å². The van der Waals surface area contributed by atoms with Crippen LogP contribution in [0.2, 0.25) is 0 Å². The largest absolute Gasteiger partial charge is 0.360 e. The molecule has 1 aromatic heterocycles. The molecule has 1 N–H and O–H groups in total. The van der Waals surface area contributed by atoms with Crippen LogP contribution < -0.4 is 5.32 Å². The normalized spacial score (nSPS) is 24.8. The Bertz CT molecular complexity index is 672. The SMILES string of the molecule is C=C/C=C(\C=C)CN1CC(NC(=O)c2cc(C3CC3)on2)CCC1C. The van der Waals surface area contributed by atoms with Crippen LogP contribution in [0.3, 0.4) is 0 Å². The molecule has 1 saturated carbocycles. The molecular weight excluding hydrogens is 314 g/mol. The molecule has 1 saturated heterocycles. The first-order chi connectivity index (χ1) is 12.1. The van der Waals surface area contributed by atoms with Gasteiger partial charge in [-0.3, -0.25) is 9.69 Å². The number of carbonyl (C=O) groups excluding carboxylic acids is 1. The number of piperidine rings is 1. The third kappa shape index (κ3) is 4.48. The van der Waals surface area contributed by atoms with Crippen molar-refractivity contribution < 1.29 is 9.32 Å². The molecule has 1 aliphatic carbocycles. The fourth-order valence-corrected chi connectivity index (χ4v) is 3.30. The first-order valence-electron chi connectivity index (χ1n) is 9.06. The van der Waals surface area contributed by atoms with Crippen LogP contribution in [0.25, 0.3) is 0 Å². The van der Waals surface area contributed by atoms with Gasteiger partial charge in [0.15, 0.2) is 5.69 Å². The molecule has 0 bridgehead atoms. The first kappa shape index (κ1) is 17.7. The lowest BCUT2D eigenvalue weighted by Gasteiger charge is -2.38. The number of likely N-dealkylation sites (tertiary alicyclic amines) is 1. The number of rotatable bonds is 7. The summed E-state index contributed by atoms with van der Waals surface area (Å²) in [6, 6.07) is 2.40. The summed E-state index contributed by atoms with van der Waals surface area (Å²) in [6.07, 6.45) is 9.93. The third-order valence-electron chi connectivity index (χ3n) is 5.07.